The van der Waals surface area contributed by atoms with Crippen LogP contribution in [0.2, 0.25) is 0 Å². The average molecular weight is 295 g/mol. The number of carbonyl (C=O) groups is 1. The van der Waals surface area contributed by atoms with Crippen LogP contribution in [0.15, 0.2) is 0 Å². The highest BCUT2D eigenvalue weighted by atomic mass is 32.1. The van der Waals surface area contributed by atoms with E-state index in [1.54, 1.807) is 0 Å². The van der Waals surface area contributed by atoms with Crippen molar-refractivity contribution in [1.82, 2.24) is 15.2 Å². The molecule has 0 radical (unpaired) electrons. The van der Waals surface area contributed by atoms with Crippen LogP contribution in [0.1, 0.15) is 41.3 Å². The van der Waals surface area contributed by atoms with E-state index in [2.05, 4.69) is 5.32 Å². The van der Waals surface area contributed by atoms with Crippen LogP contribution in [0.5, 0.6) is 0 Å². The monoisotopic (exact) mass is 295 g/mol. The van der Waals surface area contributed by atoms with Crippen molar-refractivity contribution in [3.8, 4) is 0 Å². The minimum atomic E-state index is 0.150. The summed E-state index contributed by atoms with van der Waals surface area (Å²) in [6.07, 6.45) is 7.54. The van der Waals surface area contributed by atoms with Gasteiger partial charge in [0.2, 0.25) is 5.91 Å². The van der Waals surface area contributed by atoms with Gasteiger partial charge in [0.1, 0.15) is 0 Å². The highest BCUT2D eigenvalue weighted by molar-refractivity contribution is 7.11. The van der Waals surface area contributed by atoms with Crippen LogP contribution in [0.3, 0.4) is 0 Å². The third-order valence-electron chi connectivity index (χ3n) is 3.57. The van der Waals surface area contributed by atoms with Crippen molar-refractivity contribution in [2.24, 2.45) is 0 Å². The number of aryl methyl sites for hydroxylation is 3. The van der Waals surface area contributed by atoms with E-state index in [1.165, 1.54) is 34.8 Å². The molecule has 0 aliphatic heterocycles. The lowest BCUT2D eigenvalue weighted by Gasteiger charge is -2.09. The second-order valence-corrected chi connectivity index (χ2v) is 6.86. The minimum Gasteiger partial charge on any atom is -0.356 e. The van der Waals surface area contributed by atoms with Gasteiger partial charge >= 0.3 is 0 Å². The number of aromatic nitrogens is 1. The molecule has 0 unspecified atom stereocenters. The van der Waals surface area contributed by atoms with Crippen molar-refractivity contribution in [3.63, 3.8) is 0 Å². The molecule has 1 aliphatic carbocycles. The molecule has 1 aliphatic rings. The zero-order valence-corrected chi connectivity index (χ0v) is 13.4. The smallest absolute Gasteiger partial charge is 0.221 e. The van der Waals surface area contributed by atoms with Gasteiger partial charge in [0.15, 0.2) is 0 Å². The Labute approximate surface area is 125 Å². The number of hydrogen-bond donors (Lipinski definition) is 1. The van der Waals surface area contributed by atoms with E-state index in [4.69, 9.17) is 4.98 Å². The van der Waals surface area contributed by atoms with Crippen LogP contribution in [0, 0.1) is 0 Å². The fourth-order valence-electron chi connectivity index (χ4n) is 2.39. The minimum absolute atomic E-state index is 0.150. The molecule has 1 aromatic heterocycles. The normalized spacial score (nSPS) is 14.3. The first kappa shape index (κ1) is 15.4. The first-order chi connectivity index (χ1) is 9.65. The van der Waals surface area contributed by atoms with Crippen LogP contribution in [0.4, 0.5) is 0 Å². The second-order valence-electron chi connectivity index (χ2n) is 5.69. The van der Waals surface area contributed by atoms with Gasteiger partial charge in [-0.2, -0.15) is 0 Å². The molecule has 0 saturated heterocycles. The van der Waals surface area contributed by atoms with Gasteiger partial charge in [-0.1, -0.05) is 0 Å². The van der Waals surface area contributed by atoms with Gasteiger partial charge in [-0.3, -0.25) is 4.79 Å². The van der Waals surface area contributed by atoms with E-state index >= 15 is 0 Å². The van der Waals surface area contributed by atoms with Gasteiger partial charge in [0.25, 0.3) is 0 Å². The van der Waals surface area contributed by atoms with Gasteiger partial charge < -0.3 is 10.2 Å². The number of carbonyl (C=O) groups excluding carboxylic acids is 1. The first-order valence-electron chi connectivity index (χ1n) is 7.54. The standard InChI is InChI=1S/C15H25N3OS/c1-18(2)11-9-14(19)16-10-5-8-15-17-12-6-3-4-7-13(12)20-15/h3-11H2,1-2H3,(H,16,19). The number of nitrogens with one attached hydrogen (secondary N) is 1. The highest BCUT2D eigenvalue weighted by Gasteiger charge is 2.14. The first-order valence-corrected chi connectivity index (χ1v) is 8.35. The molecule has 1 amide bonds. The summed E-state index contributed by atoms with van der Waals surface area (Å²) in [7, 11) is 3.97. The lowest BCUT2D eigenvalue weighted by Crippen LogP contribution is -2.28. The molecule has 0 saturated carbocycles. The molecule has 5 heteroatoms. The Morgan fingerprint density at radius 1 is 1.35 bits per heavy atom. The molecule has 1 N–H and O–H groups in total. The molecule has 2 rings (SSSR count). The third-order valence-corrected chi connectivity index (χ3v) is 4.78. The Bertz CT molecular complexity index is 419. The van der Waals surface area contributed by atoms with Crippen molar-refractivity contribution in [3.05, 3.63) is 15.6 Å². The summed E-state index contributed by atoms with van der Waals surface area (Å²) in [4.78, 5) is 19.8. The molecule has 1 aromatic rings. The number of rotatable bonds is 7. The maximum Gasteiger partial charge on any atom is 0.221 e. The fourth-order valence-corrected chi connectivity index (χ4v) is 3.59. The van der Waals surface area contributed by atoms with Crippen molar-refractivity contribution in [2.75, 3.05) is 27.2 Å². The molecule has 0 bridgehead atoms. The van der Waals surface area contributed by atoms with Crippen LogP contribution >= 0.6 is 11.3 Å². The van der Waals surface area contributed by atoms with Gasteiger partial charge in [-0.05, 0) is 46.2 Å². The molecule has 0 spiro atoms. The molecular formula is C15H25N3OS. The summed E-state index contributed by atoms with van der Waals surface area (Å²) in [5, 5.41) is 4.23. The molecule has 0 aromatic carbocycles. The molecule has 0 fully saturated rings. The second kappa shape index (κ2) is 7.74. The van der Waals surface area contributed by atoms with E-state index < -0.39 is 0 Å². The molecular weight excluding hydrogens is 270 g/mol. The SMILES string of the molecule is CN(C)CCC(=O)NCCCc1nc2c(s1)CCCC2. The van der Waals surface area contributed by atoms with E-state index in [-0.39, 0.29) is 5.91 Å². The van der Waals surface area contributed by atoms with E-state index in [9.17, 15) is 4.79 Å². The Morgan fingerprint density at radius 2 is 2.15 bits per heavy atom. The van der Waals surface area contributed by atoms with E-state index in [1.807, 2.05) is 30.3 Å². The van der Waals surface area contributed by atoms with Gasteiger partial charge in [0.05, 0.1) is 10.7 Å². The zero-order chi connectivity index (χ0) is 14.4. The van der Waals surface area contributed by atoms with E-state index in [0.717, 1.165) is 32.4 Å². The average Bonchev–Trinajstić information content (AvgIpc) is 2.84. The molecule has 20 heavy (non-hydrogen) atoms. The Balaban J connectivity index is 1.63. The van der Waals surface area contributed by atoms with Crippen molar-refractivity contribution < 1.29 is 4.79 Å². The van der Waals surface area contributed by atoms with Crippen molar-refractivity contribution in [2.45, 2.75) is 44.9 Å². The summed E-state index contributed by atoms with van der Waals surface area (Å²) in [5.74, 6) is 0.150. The van der Waals surface area contributed by atoms with Crippen LogP contribution in [0.25, 0.3) is 0 Å². The predicted molar refractivity (Wildman–Crippen MR) is 83.3 cm³/mol. The molecule has 0 atom stereocenters. The number of fused-ring (bicyclic) bond motifs is 1. The highest BCUT2D eigenvalue weighted by Crippen LogP contribution is 2.27. The summed E-state index contributed by atoms with van der Waals surface area (Å²) >= 11 is 1.88. The summed E-state index contributed by atoms with van der Waals surface area (Å²) < 4.78 is 0. The lowest BCUT2D eigenvalue weighted by molar-refractivity contribution is -0.121. The van der Waals surface area contributed by atoms with Crippen LogP contribution in [-0.4, -0.2) is 43.0 Å². The zero-order valence-electron chi connectivity index (χ0n) is 12.6. The largest absolute Gasteiger partial charge is 0.356 e. The lowest BCUT2D eigenvalue weighted by atomic mass is 10.0. The van der Waals surface area contributed by atoms with Crippen molar-refractivity contribution >= 4 is 17.2 Å². The summed E-state index contributed by atoms with van der Waals surface area (Å²) in [6.45, 7) is 1.57. The summed E-state index contributed by atoms with van der Waals surface area (Å²) in [5.41, 5.74) is 1.34. The number of thiazole rings is 1. The topological polar surface area (TPSA) is 45.2 Å². The number of nitrogens with zero attached hydrogens (tertiary/aromatic N) is 2. The maximum absolute atomic E-state index is 11.6. The van der Waals surface area contributed by atoms with E-state index in [0.29, 0.717) is 6.42 Å². The quantitative estimate of drug-likeness (QED) is 0.783. The van der Waals surface area contributed by atoms with Crippen molar-refractivity contribution in [1.29, 1.82) is 0 Å². The number of hydrogen-bond acceptors (Lipinski definition) is 4. The molecule has 4 nitrogen and oxygen atoms in total. The Kier molecular flexibility index (Phi) is 5.98. The Hall–Kier alpha value is -0.940. The van der Waals surface area contributed by atoms with Crippen LogP contribution < -0.4 is 5.32 Å². The van der Waals surface area contributed by atoms with Crippen LogP contribution in [-0.2, 0) is 24.1 Å². The number of amides is 1. The van der Waals surface area contributed by atoms with Gasteiger partial charge in [-0.15, -0.1) is 11.3 Å². The van der Waals surface area contributed by atoms with Gasteiger partial charge in [-0.25, -0.2) is 4.98 Å². The predicted octanol–water partition coefficient (Wildman–Crippen LogP) is 2.02. The summed E-state index contributed by atoms with van der Waals surface area (Å²) in [6, 6.07) is 0. The Morgan fingerprint density at radius 3 is 2.90 bits per heavy atom. The van der Waals surface area contributed by atoms with Gasteiger partial charge in [0, 0.05) is 30.8 Å². The molecule has 112 valence electrons. The maximum atomic E-state index is 11.6. The molecule has 1 heterocycles. The third kappa shape index (κ3) is 4.87. The fraction of sp³-hybridized carbons (Fsp3) is 0.733.